The summed E-state index contributed by atoms with van der Waals surface area (Å²) in [6.07, 6.45) is 3.57. The highest BCUT2D eigenvalue weighted by Gasteiger charge is 2.42. The van der Waals surface area contributed by atoms with Crippen LogP contribution in [-0.2, 0) is 9.59 Å². The predicted octanol–water partition coefficient (Wildman–Crippen LogP) is 2.09. The molecule has 4 nitrogen and oxygen atoms in total. The van der Waals surface area contributed by atoms with Crippen LogP contribution in [0.1, 0.15) is 59.8 Å². The van der Waals surface area contributed by atoms with E-state index in [1.807, 2.05) is 0 Å². The smallest absolute Gasteiger partial charge is 0.247 e. The van der Waals surface area contributed by atoms with E-state index in [1.54, 1.807) is 0 Å². The number of piperidine rings is 1. The van der Waals surface area contributed by atoms with Crippen LogP contribution < -0.4 is 10.6 Å². The average molecular weight is 278 g/mol. The average Bonchev–Trinajstić information content (AvgIpc) is 2.47. The monoisotopic (exact) mass is 278 g/mol. The van der Waals surface area contributed by atoms with Gasteiger partial charge in [0.05, 0.1) is 0 Å². The Morgan fingerprint density at radius 2 is 1.60 bits per heavy atom. The minimum absolute atomic E-state index is 0.0364. The van der Waals surface area contributed by atoms with Crippen molar-refractivity contribution in [3.05, 3.63) is 12.2 Å². The number of carbonyl (C=O) groups excluding carboxylic acids is 2. The summed E-state index contributed by atoms with van der Waals surface area (Å²) >= 11 is 0. The Bertz CT molecular complexity index is 451. The Hall–Kier alpha value is -1.16. The van der Waals surface area contributed by atoms with Gasteiger partial charge in [0, 0.05) is 41.5 Å². The Labute approximate surface area is 121 Å². The summed E-state index contributed by atoms with van der Waals surface area (Å²) in [5.74, 6) is 0.284. The van der Waals surface area contributed by atoms with Gasteiger partial charge in [-0.05, 0) is 40.5 Å². The van der Waals surface area contributed by atoms with Crippen molar-refractivity contribution in [3.63, 3.8) is 0 Å². The summed E-state index contributed by atoms with van der Waals surface area (Å²) < 4.78 is 0. The Balaban J connectivity index is 2.01. The quantitative estimate of drug-likeness (QED) is 0.777. The molecule has 0 aromatic carbocycles. The van der Waals surface area contributed by atoms with Crippen molar-refractivity contribution >= 4 is 11.7 Å². The Morgan fingerprint density at radius 3 is 2.10 bits per heavy atom. The molecule has 0 radical (unpaired) electrons. The molecular formula is C16H26N2O2. The molecule has 0 aromatic heterocycles. The van der Waals surface area contributed by atoms with E-state index in [-0.39, 0.29) is 22.5 Å². The first-order valence-corrected chi connectivity index (χ1v) is 7.34. The second-order valence-corrected chi connectivity index (χ2v) is 7.76. The topological polar surface area (TPSA) is 58.2 Å². The number of ketones is 1. The number of Topliss-reactive ketones (excluding diaryl/α,β-unsaturated/α-hetero) is 1. The lowest BCUT2D eigenvalue weighted by Gasteiger charge is -2.45. The zero-order valence-corrected chi connectivity index (χ0v) is 13.1. The van der Waals surface area contributed by atoms with Crippen LogP contribution in [0.4, 0.5) is 0 Å². The number of hydrogen-bond acceptors (Lipinski definition) is 3. The van der Waals surface area contributed by atoms with E-state index in [9.17, 15) is 9.59 Å². The summed E-state index contributed by atoms with van der Waals surface area (Å²) in [5, 5.41) is 6.62. The lowest BCUT2D eigenvalue weighted by atomic mass is 9.76. The van der Waals surface area contributed by atoms with Gasteiger partial charge in [-0.15, -0.1) is 0 Å². The van der Waals surface area contributed by atoms with Crippen molar-refractivity contribution in [3.8, 4) is 0 Å². The molecular weight excluding hydrogens is 252 g/mol. The minimum atomic E-state index is -0.219. The van der Waals surface area contributed by atoms with E-state index in [0.717, 1.165) is 12.8 Å². The van der Waals surface area contributed by atoms with Crippen LogP contribution in [0.2, 0.25) is 0 Å². The highest BCUT2D eigenvalue weighted by atomic mass is 16.2. The number of amides is 1. The van der Waals surface area contributed by atoms with Gasteiger partial charge in [0.25, 0.3) is 0 Å². The fraction of sp³-hybridized carbons (Fsp3) is 0.750. The van der Waals surface area contributed by atoms with Crippen molar-refractivity contribution in [2.24, 2.45) is 0 Å². The van der Waals surface area contributed by atoms with E-state index in [2.05, 4.69) is 44.9 Å². The zero-order chi connectivity index (χ0) is 15.2. The second kappa shape index (κ2) is 4.69. The molecule has 112 valence electrons. The number of carbonyl (C=O) groups is 2. The SMILES string of the molecule is C=C1CC(C)(CCC2(C)CC(=O)CC(C)(C)N2)NC1=O. The molecule has 2 saturated heterocycles. The molecule has 0 aromatic rings. The van der Waals surface area contributed by atoms with Crippen molar-refractivity contribution in [2.45, 2.75) is 76.4 Å². The summed E-state index contributed by atoms with van der Waals surface area (Å²) in [6.45, 7) is 12.1. The van der Waals surface area contributed by atoms with Gasteiger partial charge in [-0.3, -0.25) is 9.59 Å². The maximum absolute atomic E-state index is 12.0. The zero-order valence-electron chi connectivity index (χ0n) is 13.1. The van der Waals surface area contributed by atoms with Crippen molar-refractivity contribution in [1.82, 2.24) is 10.6 Å². The maximum Gasteiger partial charge on any atom is 0.247 e. The first-order valence-electron chi connectivity index (χ1n) is 7.34. The van der Waals surface area contributed by atoms with Crippen molar-refractivity contribution < 1.29 is 9.59 Å². The largest absolute Gasteiger partial charge is 0.347 e. The third kappa shape index (κ3) is 3.29. The lowest BCUT2D eigenvalue weighted by molar-refractivity contribution is -0.125. The molecule has 2 aliphatic rings. The third-order valence-electron chi connectivity index (χ3n) is 4.44. The lowest BCUT2D eigenvalue weighted by Crippen LogP contribution is -2.60. The van der Waals surface area contributed by atoms with Crippen LogP contribution in [0, 0.1) is 0 Å². The standard InChI is InChI=1S/C16H26N2O2/c1-11-8-15(4,17-13(11)20)6-7-16(5)10-12(19)9-14(2,3)18-16/h18H,1,6-10H2,2-5H3,(H,17,20). The maximum atomic E-state index is 12.0. The molecule has 2 rings (SSSR count). The van der Waals surface area contributed by atoms with E-state index >= 15 is 0 Å². The molecule has 2 unspecified atom stereocenters. The van der Waals surface area contributed by atoms with Crippen molar-refractivity contribution in [1.29, 1.82) is 0 Å². The molecule has 0 saturated carbocycles. The number of nitrogens with one attached hydrogen (secondary N) is 2. The third-order valence-corrected chi connectivity index (χ3v) is 4.44. The first-order chi connectivity index (χ1) is 9.03. The van der Waals surface area contributed by atoms with Crippen molar-refractivity contribution in [2.75, 3.05) is 0 Å². The van der Waals surface area contributed by atoms with E-state index in [0.29, 0.717) is 30.6 Å². The van der Waals surface area contributed by atoms with Gasteiger partial charge in [0.2, 0.25) is 5.91 Å². The van der Waals surface area contributed by atoms with Gasteiger partial charge in [0.15, 0.2) is 0 Å². The summed E-state index contributed by atoms with van der Waals surface area (Å²) in [6, 6.07) is 0. The molecule has 0 spiro atoms. The first kappa shape index (κ1) is 15.2. The number of rotatable bonds is 3. The van der Waals surface area contributed by atoms with Crippen LogP contribution in [0.5, 0.6) is 0 Å². The van der Waals surface area contributed by atoms with Crippen LogP contribution >= 0.6 is 0 Å². The molecule has 0 aliphatic carbocycles. The molecule has 0 bridgehead atoms. The summed E-state index contributed by atoms with van der Waals surface area (Å²) in [5.41, 5.74) is 0.110. The summed E-state index contributed by atoms with van der Waals surface area (Å²) in [4.78, 5) is 23.5. The Kier molecular flexibility index (Phi) is 3.57. The highest BCUT2D eigenvalue weighted by Crippen LogP contribution is 2.34. The van der Waals surface area contributed by atoms with Gasteiger partial charge >= 0.3 is 0 Å². The van der Waals surface area contributed by atoms with Gasteiger partial charge in [-0.1, -0.05) is 6.58 Å². The van der Waals surface area contributed by atoms with Gasteiger partial charge in [-0.25, -0.2) is 0 Å². The second-order valence-electron chi connectivity index (χ2n) is 7.76. The molecule has 2 fully saturated rings. The van der Waals surface area contributed by atoms with Gasteiger partial charge < -0.3 is 10.6 Å². The van der Waals surface area contributed by atoms with Gasteiger partial charge in [0.1, 0.15) is 5.78 Å². The van der Waals surface area contributed by atoms with Crippen LogP contribution in [0.3, 0.4) is 0 Å². The molecule has 2 N–H and O–H groups in total. The predicted molar refractivity (Wildman–Crippen MR) is 79.4 cm³/mol. The number of hydrogen-bond donors (Lipinski definition) is 2. The Morgan fingerprint density at radius 1 is 1.00 bits per heavy atom. The molecule has 2 atom stereocenters. The van der Waals surface area contributed by atoms with Crippen LogP contribution in [0.25, 0.3) is 0 Å². The molecule has 1 amide bonds. The van der Waals surface area contributed by atoms with E-state index in [4.69, 9.17) is 0 Å². The molecule has 2 aliphatic heterocycles. The summed E-state index contributed by atoms with van der Waals surface area (Å²) in [7, 11) is 0. The van der Waals surface area contributed by atoms with Crippen LogP contribution in [-0.4, -0.2) is 28.3 Å². The highest BCUT2D eigenvalue weighted by molar-refractivity contribution is 5.96. The molecule has 4 heteroatoms. The molecule has 2 heterocycles. The van der Waals surface area contributed by atoms with E-state index < -0.39 is 0 Å². The van der Waals surface area contributed by atoms with E-state index in [1.165, 1.54) is 0 Å². The normalized spacial score (nSPS) is 37.1. The van der Waals surface area contributed by atoms with Crippen LogP contribution in [0.15, 0.2) is 12.2 Å². The van der Waals surface area contributed by atoms with Gasteiger partial charge in [-0.2, -0.15) is 0 Å². The minimum Gasteiger partial charge on any atom is -0.347 e. The molecule has 20 heavy (non-hydrogen) atoms. The fourth-order valence-electron chi connectivity index (χ4n) is 3.71. The fourth-order valence-corrected chi connectivity index (χ4v) is 3.71.